The van der Waals surface area contributed by atoms with Gasteiger partial charge in [-0.15, -0.1) is 0 Å². The van der Waals surface area contributed by atoms with E-state index in [0.29, 0.717) is 0 Å². The van der Waals surface area contributed by atoms with E-state index in [1.165, 1.54) is 0 Å². The zero-order chi connectivity index (χ0) is 16.7. The minimum atomic E-state index is 0.906. The zero-order valence-electron chi connectivity index (χ0n) is 13.7. The molecule has 0 spiro atoms. The average Bonchev–Trinajstić information content (AvgIpc) is 2.95. The van der Waals surface area contributed by atoms with E-state index in [0.717, 1.165) is 49.1 Å². The highest BCUT2D eigenvalue weighted by molar-refractivity contribution is 6.06. The van der Waals surface area contributed by atoms with Gasteiger partial charge in [0.1, 0.15) is 11.2 Å². The summed E-state index contributed by atoms with van der Waals surface area (Å²) in [4.78, 5) is 0. The molecule has 0 aliphatic carbocycles. The predicted octanol–water partition coefficient (Wildman–Crippen LogP) is 4.77. The van der Waals surface area contributed by atoms with Gasteiger partial charge in [-0.25, -0.2) is 0 Å². The summed E-state index contributed by atoms with van der Waals surface area (Å²) in [6.45, 7) is 10.4. The highest BCUT2D eigenvalue weighted by Gasteiger charge is 2.10. The van der Waals surface area contributed by atoms with Crippen LogP contribution in [0.25, 0.3) is 34.1 Å². The Morgan fingerprint density at radius 3 is 2.33 bits per heavy atom. The van der Waals surface area contributed by atoms with E-state index < -0.39 is 0 Å². The van der Waals surface area contributed by atoms with E-state index in [1.807, 2.05) is 49.4 Å². The lowest BCUT2D eigenvalue weighted by molar-refractivity contribution is 0.669. The summed E-state index contributed by atoms with van der Waals surface area (Å²) < 4.78 is 5.93. The minimum Gasteiger partial charge on any atom is -0.456 e. The first-order chi connectivity index (χ1) is 11.6. The van der Waals surface area contributed by atoms with Crippen molar-refractivity contribution in [1.82, 2.24) is 0 Å². The molecule has 1 nitrogen and oxygen atoms in total. The van der Waals surface area contributed by atoms with Crippen molar-refractivity contribution in [2.75, 3.05) is 0 Å². The van der Waals surface area contributed by atoms with E-state index in [2.05, 4.69) is 37.4 Å². The van der Waals surface area contributed by atoms with Crippen LogP contribution in [0.1, 0.15) is 12.5 Å². The Morgan fingerprint density at radius 1 is 0.833 bits per heavy atom. The van der Waals surface area contributed by atoms with Crippen LogP contribution in [0.2, 0.25) is 0 Å². The average molecular weight is 310 g/mol. The lowest BCUT2D eigenvalue weighted by Crippen LogP contribution is -2.25. The summed E-state index contributed by atoms with van der Waals surface area (Å²) in [5.74, 6) is 0. The van der Waals surface area contributed by atoms with E-state index in [4.69, 9.17) is 4.42 Å². The highest BCUT2D eigenvalue weighted by Crippen LogP contribution is 2.31. The second-order valence-corrected chi connectivity index (χ2v) is 6.12. The van der Waals surface area contributed by atoms with Crippen molar-refractivity contribution in [3.8, 4) is 0 Å². The number of benzene rings is 3. The van der Waals surface area contributed by atoms with Crippen molar-refractivity contribution >= 4 is 34.1 Å². The third kappa shape index (κ3) is 2.26. The summed E-state index contributed by atoms with van der Waals surface area (Å²) in [6.07, 6.45) is 0. The number of hydrogen-bond acceptors (Lipinski definition) is 1. The van der Waals surface area contributed by atoms with Crippen molar-refractivity contribution in [1.29, 1.82) is 0 Å². The van der Waals surface area contributed by atoms with Gasteiger partial charge in [0.25, 0.3) is 0 Å². The van der Waals surface area contributed by atoms with Gasteiger partial charge in [0.05, 0.1) is 0 Å². The smallest absolute Gasteiger partial charge is 0.135 e. The van der Waals surface area contributed by atoms with Crippen molar-refractivity contribution in [2.24, 2.45) is 0 Å². The molecular formula is C23H18O. The number of allylic oxidation sites excluding steroid dienone is 1. The fourth-order valence-corrected chi connectivity index (χ4v) is 3.28. The molecule has 0 aliphatic heterocycles. The van der Waals surface area contributed by atoms with Crippen LogP contribution in [0.3, 0.4) is 0 Å². The molecule has 4 rings (SSSR count). The van der Waals surface area contributed by atoms with Crippen LogP contribution in [0.15, 0.2) is 83.3 Å². The van der Waals surface area contributed by atoms with Gasteiger partial charge < -0.3 is 4.42 Å². The first kappa shape index (κ1) is 14.5. The second kappa shape index (κ2) is 5.54. The quantitative estimate of drug-likeness (QED) is 0.520. The Morgan fingerprint density at radius 2 is 1.54 bits per heavy atom. The SMILES string of the molecule is C=C(C)/C(c1ccc2oc3ccccc3c2c1)=c1/ccccc1=C. The summed E-state index contributed by atoms with van der Waals surface area (Å²) in [5, 5.41) is 4.39. The van der Waals surface area contributed by atoms with Crippen LogP contribution in [-0.2, 0) is 0 Å². The van der Waals surface area contributed by atoms with Crippen LogP contribution in [-0.4, -0.2) is 0 Å². The van der Waals surface area contributed by atoms with Gasteiger partial charge in [0, 0.05) is 10.8 Å². The lowest BCUT2D eigenvalue weighted by atomic mass is 9.95. The number of para-hydroxylation sites is 1. The summed E-state index contributed by atoms with van der Waals surface area (Å²) in [7, 11) is 0. The molecule has 0 unspecified atom stereocenters. The molecule has 0 atom stereocenters. The maximum absolute atomic E-state index is 5.93. The minimum absolute atomic E-state index is 0.906. The van der Waals surface area contributed by atoms with Gasteiger partial charge >= 0.3 is 0 Å². The van der Waals surface area contributed by atoms with Crippen LogP contribution < -0.4 is 10.4 Å². The molecule has 3 aromatic carbocycles. The van der Waals surface area contributed by atoms with Crippen molar-refractivity contribution in [2.45, 2.75) is 6.92 Å². The normalized spacial score (nSPS) is 12.5. The van der Waals surface area contributed by atoms with E-state index in [9.17, 15) is 0 Å². The predicted molar refractivity (Wildman–Crippen MR) is 102 cm³/mol. The Balaban J connectivity index is 2.10. The molecule has 0 saturated heterocycles. The summed E-state index contributed by atoms with van der Waals surface area (Å²) in [5.41, 5.74) is 5.12. The van der Waals surface area contributed by atoms with Crippen molar-refractivity contribution < 1.29 is 4.42 Å². The van der Waals surface area contributed by atoms with Crippen LogP contribution in [0.5, 0.6) is 0 Å². The maximum Gasteiger partial charge on any atom is 0.135 e. The van der Waals surface area contributed by atoms with Gasteiger partial charge in [-0.3, -0.25) is 0 Å². The molecule has 0 bridgehead atoms. The number of hydrogen-bond donors (Lipinski definition) is 0. The van der Waals surface area contributed by atoms with Crippen LogP contribution in [0.4, 0.5) is 0 Å². The van der Waals surface area contributed by atoms with Gasteiger partial charge in [0.15, 0.2) is 0 Å². The van der Waals surface area contributed by atoms with Gasteiger partial charge in [-0.1, -0.05) is 61.7 Å². The summed E-state index contributed by atoms with van der Waals surface area (Å²) >= 11 is 0. The first-order valence-corrected chi connectivity index (χ1v) is 8.01. The molecule has 0 fully saturated rings. The molecule has 4 aromatic rings. The van der Waals surface area contributed by atoms with E-state index in [-0.39, 0.29) is 0 Å². The molecule has 0 saturated carbocycles. The van der Waals surface area contributed by atoms with E-state index >= 15 is 0 Å². The summed E-state index contributed by atoms with van der Waals surface area (Å²) in [6, 6.07) is 22.7. The molecule has 24 heavy (non-hydrogen) atoms. The molecule has 1 heteroatoms. The molecule has 0 radical (unpaired) electrons. The molecule has 0 aliphatic rings. The third-order valence-corrected chi connectivity index (χ3v) is 4.38. The zero-order valence-corrected chi connectivity index (χ0v) is 13.7. The molecular weight excluding hydrogens is 292 g/mol. The molecule has 0 amide bonds. The first-order valence-electron chi connectivity index (χ1n) is 8.01. The standard InChI is InChI=1S/C23H18O/c1-15(2)23(18-9-5-4-8-16(18)3)17-12-13-22-20(14-17)19-10-6-7-11-21(19)24-22/h4-14H,1,3H2,2H3/b23-18+. The molecule has 1 heterocycles. The monoisotopic (exact) mass is 310 g/mol. The topological polar surface area (TPSA) is 13.1 Å². The third-order valence-electron chi connectivity index (χ3n) is 4.38. The highest BCUT2D eigenvalue weighted by atomic mass is 16.3. The lowest BCUT2D eigenvalue weighted by Gasteiger charge is -2.08. The van der Waals surface area contributed by atoms with Gasteiger partial charge in [-0.2, -0.15) is 0 Å². The molecule has 0 N–H and O–H groups in total. The largest absolute Gasteiger partial charge is 0.456 e. The number of rotatable bonds is 2. The van der Waals surface area contributed by atoms with Gasteiger partial charge in [0.2, 0.25) is 0 Å². The maximum atomic E-state index is 5.93. The van der Waals surface area contributed by atoms with Crippen molar-refractivity contribution in [3.63, 3.8) is 0 Å². The Bertz CT molecular complexity index is 1190. The Labute approximate surface area is 140 Å². The fourth-order valence-electron chi connectivity index (χ4n) is 3.28. The molecule has 116 valence electrons. The second-order valence-electron chi connectivity index (χ2n) is 6.12. The van der Waals surface area contributed by atoms with Crippen LogP contribution >= 0.6 is 0 Å². The number of fused-ring (bicyclic) bond motifs is 3. The fraction of sp³-hybridized carbons (Fsp3) is 0.0435. The van der Waals surface area contributed by atoms with Crippen LogP contribution in [0, 0.1) is 0 Å². The Kier molecular flexibility index (Phi) is 3.35. The van der Waals surface area contributed by atoms with Gasteiger partial charge in [-0.05, 0) is 52.3 Å². The van der Waals surface area contributed by atoms with E-state index in [1.54, 1.807) is 0 Å². The molecule has 1 aromatic heterocycles. The Hall–Kier alpha value is -3.06. The number of furan rings is 1. The van der Waals surface area contributed by atoms with Crippen molar-refractivity contribution in [3.05, 3.63) is 94.9 Å².